The predicted octanol–water partition coefficient (Wildman–Crippen LogP) is -2.30. The summed E-state index contributed by atoms with van der Waals surface area (Å²) in [5.41, 5.74) is -1.53. The van der Waals surface area contributed by atoms with Crippen LogP contribution in [0.5, 0.6) is 0 Å². The molecule has 7 unspecified atom stereocenters. The van der Waals surface area contributed by atoms with Crippen LogP contribution in [0.15, 0.2) is 0 Å². The van der Waals surface area contributed by atoms with Gasteiger partial charge in [0, 0.05) is 42.7 Å². The number of aliphatic hydroxyl groups is 9. The smallest absolute Gasteiger partial charge is 0.394 e. The molecule has 51 heavy (non-hydrogen) atoms. The molecule has 0 aliphatic carbocycles. The van der Waals surface area contributed by atoms with Gasteiger partial charge in [-0.2, -0.15) is 0 Å². The van der Waals surface area contributed by atoms with Crippen LogP contribution in [0.3, 0.4) is 0 Å². The Hall–Kier alpha value is 3.41. The van der Waals surface area contributed by atoms with Crippen molar-refractivity contribution in [3.63, 3.8) is 0 Å². The molecule has 3 saturated heterocycles. The Morgan fingerprint density at radius 2 is 0.824 bits per heavy atom. The Morgan fingerprint density at radius 3 is 1.06 bits per heavy atom. The molecule has 0 amide bonds. The molecular weight excluding hydrogens is 1070 g/mol. The van der Waals surface area contributed by atoms with E-state index in [0.717, 1.165) is 0 Å². The van der Waals surface area contributed by atoms with Gasteiger partial charge in [0.2, 0.25) is 0 Å². The summed E-state index contributed by atoms with van der Waals surface area (Å²) >= 11 is 0. The summed E-state index contributed by atoms with van der Waals surface area (Å²) in [6, 6.07) is 0. The molecule has 0 aromatic carbocycles. The standard InChI is InChI=1S/C9H18O6.2C8H16O6.C2H6.3CH4.3Ce/c1-9(12)6(11)8(14-3)15-5(4-10)7(9)13-2;2*1-12-7-4(3-9)14-8(13-2)6(11)5(7)10;1-2;;;;;;/h5-8,10-12H,4H2,1-3H3;2*4-11H,3H2,1-2H3;1-2H3;3*1H4;;;/q;;;;;;;+3;2*+4/p+1/t5?,6?,7-,8+,9?;2*4?,5-,6?,7-,8+;;;;;;;/m000......./s1. The van der Waals surface area contributed by atoms with E-state index >= 15 is 0 Å². The summed E-state index contributed by atoms with van der Waals surface area (Å²) in [7, 11) is 8.18. The molecule has 3 aliphatic rings. The molecule has 15 atom stereocenters. The van der Waals surface area contributed by atoms with Crippen molar-refractivity contribution in [3.05, 3.63) is 0 Å². The van der Waals surface area contributed by atoms with Crippen LogP contribution in [0.25, 0.3) is 0 Å². The summed E-state index contributed by atoms with van der Waals surface area (Å²) in [6.07, 6.45) is -13.1. The first kappa shape index (κ1) is 69.1. The third-order valence-electron chi connectivity index (χ3n) is 7.40. The minimum Gasteiger partial charge on any atom is -0.394 e. The van der Waals surface area contributed by atoms with Crippen molar-refractivity contribution in [1.29, 1.82) is 0 Å². The van der Waals surface area contributed by atoms with Crippen molar-refractivity contribution >= 4 is 0 Å². The van der Waals surface area contributed by atoms with Crippen LogP contribution < -0.4 is 0 Å². The summed E-state index contributed by atoms with van der Waals surface area (Å²) in [5.74, 6) is 0. The Morgan fingerprint density at radius 1 is 0.529 bits per heavy atom. The van der Waals surface area contributed by atoms with Gasteiger partial charge in [0.05, 0.1) is 19.8 Å². The number of hydrogen-bond acceptors (Lipinski definition) is 18. The molecular formula is C30H69Ce3O18+12. The third-order valence-corrected chi connectivity index (χ3v) is 7.40. The first-order valence-electron chi connectivity index (χ1n) is 14.4. The second kappa shape index (κ2) is 36.5. The van der Waals surface area contributed by atoms with E-state index in [1.54, 1.807) is 0 Å². The summed E-state index contributed by atoms with van der Waals surface area (Å²) in [6.45, 7) is 4.49. The van der Waals surface area contributed by atoms with Crippen LogP contribution in [0.1, 0.15) is 44.5 Å². The van der Waals surface area contributed by atoms with Crippen molar-refractivity contribution in [1.82, 2.24) is 0 Å². The maximum absolute atomic E-state index is 10.1. The van der Waals surface area contributed by atoms with Crippen molar-refractivity contribution in [2.45, 2.75) is 135 Å². The fourth-order valence-corrected chi connectivity index (χ4v) is 4.93. The maximum atomic E-state index is 10.1. The Bertz CT molecular complexity index is 732. The van der Waals surface area contributed by atoms with E-state index < -0.39 is 91.6 Å². The minimum atomic E-state index is -1.53. The van der Waals surface area contributed by atoms with Gasteiger partial charge in [-0.25, -0.2) is 0 Å². The maximum Gasteiger partial charge on any atom is 4.00 e. The van der Waals surface area contributed by atoms with Gasteiger partial charge in [-0.3, -0.25) is 0 Å². The number of aliphatic hydroxyl groups excluding tert-OH is 8. The monoisotopic (exact) mass is 1140 g/mol. The topological polar surface area (TPSA) is 265 Å². The zero-order chi connectivity index (χ0) is 35.1. The van der Waals surface area contributed by atoms with Crippen LogP contribution in [0.4, 0.5) is 0 Å². The molecule has 0 spiro atoms. The quantitative estimate of drug-likeness (QED) is 0.118. The fraction of sp³-hybridized carbons (Fsp3) is 1.00. The number of methoxy groups -OCH3 is 6. The molecule has 1 radical (unpaired) electrons. The second-order valence-corrected chi connectivity index (χ2v) is 10.1. The second-order valence-electron chi connectivity index (χ2n) is 10.1. The molecule has 21 heteroatoms. The van der Waals surface area contributed by atoms with Crippen LogP contribution >= 0.6 is 0 Å². The summed E-state index contributed by atoms with van der Waals surface area (Å²) in [5, 5.41) is 85.0. The molecule has 0 saturated carbocycles. The van der Waals surface area contributed by atoms with Crippen molar-refractivity contribution in [2.24, 2.45) is 0 Å². The fourth-order valence-electron chi connectivity index (χ4n) is 4.93. The average molecular weight is 1140 g/mol. The SMILES string of the molecule is C.C.C.CC.CO[C@@H]1OC(CO)[C@H](OC)C(C)(O)C1O.CO[C@@H]1OC(CO)[C@H](OC)[C@@H](O)C1O.CO[C@@H]1OC(CO)[C@H](OC)[C@@H](O)C1O.[Ce+3].[Ce+4].[Ce+4].[H+]. The van der Waals surface area contributed by atoms with Gasteiger partial charge in [-0.15, -0.1) is 0 Å². The molecule has 3 fully saturated rings. The zero-order valence-corrected chi connectivity index (χ0v) is 38.3. The van der Waals surface area contributed by atoms with E-state index in [9.17, 15) is 30.6 Å². The van der Waals surface area contributed by atoms with E-state index in [2.05, 4.69) is 0 Å². The van der Waals surface area contributed by atoms with Gasteiger partial charge < -0.3 is 88.6 Å². The molecule has 3 heterocycles. The molecule has 18 nitrogen and oxygen atoms in total. The van der Waals surface area contributed by atoms with Gasteiger partial charge in [0.15, 0.2) is 18.9 Å². The molecule has 0 aromatic rings. The van der Waals surface area contributed by atoms with E-state index in [1.165, 1.54) is 49.6 Å². The van der Waals surface area contributed by atoms with Gasteiger partial charge in [-0.1, -0.05) is 36.1 Å². The Labute approximate surface area is 407 Å². The number of rotatable bonds is 9. The molecule has 0 bridgehead atoms. The normalized spacial score (nSPS) is 38.0. The van der Waals surface area contributed by atoms with E-state index in [-0.39, 0.29) is 169 Å². The zero-order valence-electron chi connectivity index (χ0n) is 29.9. The van der Waals surface area contributed by atoms with Crippen LogP contribution in [0, 0.1) is 125 Å². The Balaban J connectivity index is -0.0000000852. The number of ether oxygens (including phenoxy) is 9. The largest absolute Gasteiger partial charge is 4.00 e. The van der Waals surface area contributed by atoms with Gasteiger partial charge in [0.25, 0.3) is 0 Å². The first-order valence-corrected chi connectivity index (χ1v) is 14.4. The minimum absolute atomic E-state index is 0. The molecule has 3 aliphatic heterocycles. The summed E-state index contributed by atoms with van der Waals surface area (Å²) < 4.78 is 44.9. The van der Waals surface area contributed by atoms with Gasteiger partial charge in [-0.05, 0) is 6.92 Å². The average Bonchev–Trinajstić information content (AvgIpc) is 3.05. The molecule has 0 aromatic heterocycles. The summed E-state index contributed by atoms with van der Waals surface area (Å²) in [4.78, 5) is 0. The van der Waals surface area contributed by atoms with Crippen molar-refractivity contribution < 1.29 is 215 Å². The molecule has 9 N–H and O–H groups in total. The van der Waals surface area contributed by atoms with Crippen molar-refractivity contribution in [3.8, 4) is 0 Å². The van der Waals surface area contributed by atoms with E-state index in [1.807, 2.05) is 13.8 Å². The number of hydrogen-bond donors (Lipinski definition) is 9. The Kier molecular flexibility index (Phi) is 49.4. The van der Waals surface area contributed by atoms with E-state index in [0.29, 0.717) is 0 Å². The predicted molar refractivity (Wildman–Crippen MR) is 174 cm³/mol. The van der Waals surface area contributed by atoms with Gasteiger partial charge >= 0.3 is 127 Å². The first-order chi connectivity index (χ1) is 21.3. The van der Waals surface area contributed by atoms with Crippen LogP contribution in [-0.4, -0.2) is 200 Å². The third kappa shape index (κ3) is 19.4. The van der Waals surface area contributed by atoms with Crippen LogP contribution in [-0.2, 0) is 42.6 Å². The van der Waals surface area contributed by atoms with Crippen molar-refractivity contribution in [2.75, 3.05) is 62.5 Å². The van der Waals surface area contributed by atoms with Crippen LogP contribution in [0.2, 0.25) is 0 Å². The molecule has 297 valence electrons. The van der Waals surface area contributed by atoms with Gasteiger partial charge in [0.1, 0.15) is 72.7 Å². The van der Waals surface area contributed by atoms with E-state index in [4.69, 9.17) is 58.0 Å². The molecule has 3 rings (SSSR count).